The van der Waals surface area contributed by atoms with E-state index in [2.05, 4.69) is 26.0 Å². The number of alkyl halides is 1. The first-order chi connectivity index (χ1) is 6.19. The van der Waals surface area contributed by atoms with Gasteiger partial charge in [0, 0.05) is 17.4 Å². The van der Waals surface area contributed by atoms with Crippen LogP contribution in [0.4, 0.5) is 0 Å². The molecule has 0 atom stereocenters. The van der Waals surface area contributed by atoms with E-state index in [0.29, 0.717) is 29.4 Å². The zero-order valence-corrected chi connectivity index (χ0v) is 8.81. The number of amides is 1. The van der Waals surface area contributed by atoms with Gasteiger partial charge in [0.15, 0.2) is 0 Å². The first-order valence-electron chi connectivity index (χ1n) is 3.85. The normalized spacial score (nSPS) is 16.9. The minimum Gasteiger partial charge on any atom is -0.466 e. The van der Waals surface area contributed by atoms with Crippen molar-refractivity contribution in [3.05, 3.63) is 11.3 Å². The van der Waals surface area contributed by atoms with E-state index in [-0.39, 0.29) is 11.9 Å². The fraction of sp³-hybridized carbons (Fsp3) is 0.500. The van der Waals surface area contributed by atoms with E-state index < -0.39 is 0 Å². The fourth-order valence-electron chi connectivity index (χ4n) is 1.16. The van der Waals surface area contributed by atoms with Crippen molar-refractivity contribution in [1.29, 1.82) is 0 Å². The summed E-state index contributed by atoms with van der Waals surface area (Å²) in [5, 5.41) is 3.09. The number of hydrogen-bond donors (Lipinski definition) is 1. The quantitative estimate of drug-likeness (QED) is 0.578. The van der Waals surface area contributed by atoms with Crippen LogP contribution in [0.15, 0.2) is 11.3 Å². The predicted octanol–water partition coefficient (Wildman–Crippen LogP) is 0.718. The van der Waals surface area contributed by atoms with Crippen LogP contribution in [0.3, 0.4) is 0 Å². The third-order valence-corrected chi connectivity index (χ3v) is 2.38. The summed E-state index contributed by atoms with van der Waals surface area (Å²) in [4.78, 5) is 22.2. The summed E-state index contributed by atoms with van der Waals surface area (Å²) < 4.78 is 4.59. The Morgan fingerprint density at radius 1 is 1.62 bits per heavy atom. The van der Waals surface area contributed by atoms with Gasteiger partial charge in [-0.25, -0.2) is 4.79 Å². The van der Waals surface area contributed by atoms with Gasteiger partial charge in [-0.2, -0.15) is 0 Å². The van der Waals surface area contributed by atoms with Gasteiger partial charge in [-0.15, -0.1) is 0 Å². The smallest absolute Gasteiger partial charge is 0.335 e. The second kappa shape index (κ2) is 4.41. The molecule has 1 rings (SSSR count). The minimum atomic E-state index is -0.366. The molecule has 13 heavy (non-hydrogen) atoms. The average Bonchev–Trinajstić information content (AvgIpc) is 2.16. The van der Waals surface area contributed by atoms with E-state index in [1.165, 1.54) is 7.11 Å². The number of rotatable bonds is 2. The van der Waals surface area contributed by atoms with E-state index in [0.717, 1.165) is 0 Å². The van der Waals surface area contributed by atoms with Crippen LogP contribution >= 0.6 is 15.9 Å². The number of allylic oxidation sites excluding steroid dienone is 1. The summed E-state index contributed by atoms with van der Waals surface area (Å²) >= 11 is 3.20. The molecule has 1 aliphatic rings. The molecule has 0 radical (unpaired) electrons. The minimum absolute atomic E-state index is 0.0536. The highest BCUT2D eigenvalue weighted by atomic mass is 79.9. The summed E-state index contributed by atoms with van der Waals surface area (Å²) in [6.07, 6.45) is 0.806. The molecule has 0 spiro atoms. The molecule has 0 aromatic carbocycles. The van der Waals surface area contributed by atoms with E-state index in [1.54, 1.807) is 0 Å². The van der Waals surface area contributed by atoms with E-state index in [4.69, 9.17) is 0 Å². The molecule has 0 saturated carbocycles. The average molecular weight is 248 g/mol. The highest BCUT2D eigenvalue weighted by Crippen LogP contribution is 2.17. The Bertz CT molecular complexity index is 273. The number of carbonyl (C=O) groups excluding carboxylic acids is 2. The van der Waals surface area contributed by atoms with Gasteiger partial charge in [0.25, 0.3) is 0 Å². The third-order valence-electron chi connectivity index (χ3n) is 1.82. The molecule has 5 heteroatoms. The molecule has 0 unspecified atom stereocenters. The lowest BCUT2D eigenvalue weighted by molar-refractivity contribution is -0.136. The number of ether oxygens (including phenoxy) is 1. The van der Waals surface area contributed by atoms with Gasteiger partial charge in [0.2, 0.25) is 5.91 Å². The number of esters is 1. The molecule has 1 amide bonds. The zero-order chi connectivity index (χ0) is 9.84. The molecule has 0 saturated heterocycles. The molecule has 0 aromatic rings. The van der Waals surface area contributed by atoms with Crippen molar-refractivity contribution in [2.75, 3.05) is 12.4 Å². The highest BCUT2D eigenvalue weighted by molar-refractivity contribution is 9.09. The summed E-state index contributed by atoms with van der Waals surface area (Å²) in [7, 11) is 1.33. The summed E-state index contributed by atoms with van der Waals surface area (Å²) in [6, 6.07) is 0. The topological polar surface area (TPSA) is 55.4 Å². The lowest BCUT2D eigenvalue weighted by Gasteiger charge is -2.17. The largest absolute Gasteiger partial charge is 0.466 e. The maximum Gasteiger partial charge on any atom is 0.335 e. The number of hydrogen-bond acceptors (Lipinski definition) is 3. The first-order valence-corrected chi connectivity index (χ1v) is 4.97. The van der Waals surface area contributed by atoms with E-state index in [9.17, 15) is 9.59 Å². The van der Waals surface area contributed by atoms with Gasteiger partial charge in [-0.05, 0) is 6.42 Å². The van der Waals surface area contributed by atoms with Crippen LogP contribution in [0.1, 0.15) is 12.8 Å². The molecule has 1 heterocycles. The molecule has 72 valence electrons. The highest BCUT2D eigenvalue weighted by Gasteiger charge is 2.22. The number of nitrogens with one attached hydrogen (secondary N) is 1. The van der Waals surface area contributed by atoms with Crippen molar-refractivity contribution in [3.63, 3.8) is 0 Å². The Morgan fingerprint density at radius 2 is 2.31 bits per heavy atom. The monoisotopic (exact) mass is 247 g/mol. The van der Waals surface area contributed by atoms with Gasteiger partial charge >= 0.3 is 5.97 Å². The van der Waals surface area contributed by atoms with Crippen molar-refractivity contribution in [1.82, 2.24) is 5.32 Å². The molecule has 0 aliphatic carbocycles. The van der Waals surface area contributed by atoms with Crippen LogP contribution in [-0.2, 0) is 14.3 Å². The van der Waals surface area contributed by atoms with Crippen LogP contribution in [0.2, 0.25) is 0 Å². The summed E-state index contributed by atoms with van der Waals surface area (Å²) in [6.45, 7) is 0. The van der Waals surface area contributed by atoms with Crippen molar-refractivity contribution in [2.45, 2.75) is 12.8 Å². The van der Waals surface area contributed by atoms with Crippen LogP contribution < -0.4 is 5.32 Å². The van der Waals surface area contributed by atoms with Gasteiger partial charge in [-0.1, -0.05) is 15.9 Å². The third kappa shape index (κ3) is 2.30. The second-order valence-electron chi connectivity index (χ2n) is 2.63. The van der Waals surface area contributed by atoms with Crippen LogP contribution in [0, 0.1) is 0 Å². The molecular formula is C8H10BrNO3. The predicted molar refractivity (Wildman–Crippen MR) is 50.2 cm³/mol. The Hall–Kier alpha value is -0.840. The van der Waals surface area contributed by atoms with Crippen molar-refractivity contribution >= 4 is 27.8 Å². The second-order valence-corrected chi connectivity index (χ2v) is 3.19. The number of halogens is 1. The number of methoxy groups -OCH3 is 1. The lowest BCUT2D eigenvalue weighted by Crippen LogP contribution is -2.31. The lowest BCUT2D eigenvalue weighted by atomic mass is 10.0. The van der Waals surface area contributed by atoms with E-state index >= 15 is 0 Å². The summed E-state index contributed by atoms with van der Waals surface area (Å²) in [5.74, 6) is -0.420. The van der Waals surface area contributed by atoms with Crippen LogP contribution in [0.25, 0.3) is 0 Å². The van der Waals surface area contributed by atoms with Gasteiger partial charge in [-0.3, -0.25) is 4.79 Å². The molecule has 4 nitrogen and oxygen atoms in total. The Balaban J connectivity index is 2.89. The van der Waals surface area contributed by atoms with Crippen LogP contribution in [0.5, 0.6) is 0 Å². The molecule has 0 fully saturated rings. The summed E-state index contributed by atoms with van der Waals surface area (Å²) in [5.41, 5.74) is 1.17. The first kappa shape index (κ1) is 10.2. The van der Waals surface area contributed by atoms with Gasteiger partial charge in [0.1, 0.15) is 0 Å². The molecule has 1 N–H and O–H groups in total. The van der Waals surface area contributed by atoms with Crippen molar-refractivity contribution in [2.24, 2.45) is 0 Å². The fourth-order valence-corrected chi connectivity index (χ4v) is 1.64. The Labute approximate surface area is 84.5 Å². The molecule has 0 aromatic heterocycles. The van der Waals surface area contributed by atoms with Crippen molar-refractivity contribution in [3.8, 4) is 0 Å². The molecule has 0 bridgehead atoms. The Morgan fingerprint density at radius 3 is 2.85 bits per heavy atom. The van der Waals surface area contributed by atoms with E-state index in [1.807, 2.05) is 0 Å². The molecule has 1 aliphatic heterocycles. The number of carbonyl (C=O) groups is 2. The standard InChI is InChI=1S/C8H10BrNO3/c1-13-8(12)5-2-3-7(11)10-6(5)4-9/h2-4H2,1H3,(H,10,11). The van der Waals surface area contributed by atoms with Gasteiger partial charge < -0.3 is 10.1 Å². The zero-order valence-electron chi connectivity index (χ0n) is 7.22. The molecular weight excluding hydrogens is 238 g/mol. The Kier molecular flexibility index (Phi) is 3.48. The SMILES string of the molecule is COC(=O)C1=C(CBr)NC(=O)CC1. The maximum absolute atomic E-state index is 11.2. The van der Waals surface area contributed by atoms with Gasteiger partial charge in [0.05, 0.1) is 12.7 Å². The van der Waals surface area contributed by atoms with Crippen LogP contribution in [-0.4, -0.2) is 24.3 Å². The van der Waals surface area contributed by atoms with Crippen molar-refractivity contribution < 1.29 is 14.3 Å². The maximum atomic E-state index is 11.2.